The van der Waals surface area contributed by atoms with Gasteiger partial charge in [0.25, 0.3) is 0 Å². The van der Waals surface area contributed by atoms with Crippen molar-refractivity contribution in [3.8, 4) is 34.1 Å². The minimum atomic E-state index is -1.40. The van der Waals surface area contributed by atoms with Gasteiger partial charge in [-0.15, -0.1) is 0 Å². The Balaban J connectivity index is 1.16. The molecule has 1 atom stereocenters. The molecule has 41 heavy (non-hydrogen) atoms. The quantitative estimate of drug-likeness (QED) is 0.182. The number of carboxylic acid groups (broad SMARTS) is 1. The zero-order valence-corrected chi connectivity index (χ0v) is 23.5. The smallest absolute Gasteiger partial charge is 0.348 e. The molecule has 208 valence electrons. The number of aliphatic carboxylic acids is 1. The molecule has 6 nitrogen and oxygen atoms in total. The zero-order valence-electron chi connectivity index (χ0n) is 23.5. The van der Waals surface area contributed by atoms with Gasteiger partial charge >= 0.3 is 5.97 Å². The van der Waals surface area contributed by atoms with Crippen molar-refractivity contribution in [1.82, 2.24) is 4.98 Å². The lowest BCUT2D eigenvalue weighted by Gasteiger charge is -2.26. The van der Waals surface area contributed by atoms with Crippen molar-refractivity contribution in [3.63, 3.8) is 0 Å². The summed E-state index contributed by atoms with van der Waals surface area (Å²) in [5.74, 6) is 1.57. The van der Waals surface area contributed by atoms with Crippen LogP contribution in [0, 0.1) is 13.8 Å². The molecule has 4 aromatic carbocycles. The van der Waals surface area contributed by atoms with E-state index in [-0.39, 0.29) is 6.42 Å². The SMILES string of the molecule is Cc1ccc(OC(C)(Cc2ccc(OCCc3nc(-c4ccc(-c5ccccc5)cc4)oc3C)cc2)C(=O)O)cc1. The second-order valence-corrected chi connectivity index (χ2v) is 10.3. The number of oxazole rings is 1. The predicted molar refractivity (Wildman–Crippen MR) is 159 cm³/mol. The first kappa shape index (κ1) is 27.7. The third kappa shape index (κ3) is 6.84. The van der Waals surface area contributed by atoms with E-state index >= 15 is 0 Å². The van der Waals surface area contributed by atoms with Crippen LogP contribution in [0.15, 0.2) is 108 Å². The highest BCUT2D eigenvalue weighted by Crippen LogP contribution is 2.27. The van der Waals surface area contributed by atoms with Crippen molar-refractivity contribution in [2.24, 2.45) is 0 Å². The molecule has 0 aliphatic heterocycles. The monoisotopic (exact) mass is 547 g/mol. The molecule has 6 heteroatoms. The average molecular weight is 548 g/mol. The van der Waals surface area contributed by atoms with Crippen molar-refractivity contribution in [3.05, 3.63) is 126 Å². The minimum Gasteiger partial charge on any atom is -0.493 e. The maximum absolute atomic E-state index is 12.1. The number of aryl methyl sites for hydroxylation is 2. The molecule has 0 spiro atoms. The van der Waals surface area contributed by atoms with E-state index in [4.69, 9.17) is 18.9 Å². The van der Waals surface area contributed by atoms with Gasteiger partial charge in [-0.25, -0.2) is 9.78 Å². The molecule has 0 aliphatic rings. The second-order valence-electron chi connectivity index (χ2n) is 10.3. The van der Waals surface area contributed by atoms with Crippen LogP contribution in [-0.4, -0.2) is 28.3 Å². The van der Waals surface area contributed by atoms with Crippen molar-refractivity contribution >= 4 is 5.97 Å². The fourth-order valence-corrected chi connectivity index (χ4v) is 4.60. The van der Waals surface area contributed by atoms with Crippen LogP contribution in [0.2, 0.25) is 0 Å². The number of carbonyl (C=O) groups is 1. The number of benzene rings is 4. The summed E-state index contributed by atoms with van der Waals surface area (Å²) in [6.07, 6.45) is 0.810. The van der Waals surface area contributed by atoms with Gasteiger partial charge in [0.15, 0.2) is 0 Å². The van der Waals surface area contributed by atoms with E-state index in [0.29, 0.717) is 30.4 Å². The maximum atomic E-state index is 12.1. The normalized spacial score (nSPS) is 12.5. The Morgan fingerprint density at radius 2 is 1.41 bits per heavy atom. The Morgan fingerprint density at radius 1 is 0.805 bits per heavy atom. The number of carboxylic acids is 1. The molecule has 1 heterocycles. The van der Waals surface area contributed by atoms with E-state index in [9.17, 15) is 9.90 Å². The standard InChI is InChI=1S/C35H33NO5/c1-24-9-17-31(18-10-24)41-35(3,34(37)38)23-26-11-19-30(20-12-26)39-22-21-32-25(2)40-33(36-32)29-15-13-28(14-16-29)27-7-5-4-6-8-27/h4-20H,21-23H2,1-3H3,(H,37,38). The molecular weight excluding hydrogens is 514 g/mol. The molecule has 1 N–H and O–H groups in total. The minimum absolute atomic E-state index is 0.212. The van der Waals surface area contributed by atoms with Crippen molar-refractivity contribution in [2.45, 2.75) is 39.2 Å². The van der Waals surface area contributed by atoms with Crippen molar-refractivity contribution in [2.75, 3.05) is 6.61 Å². The molecule has 0 bridgehead atoms. The molecule has 0 aliphatic carbocycles. The van der Waals surface area contributed by atoms with Crippen LogP contribution in [0.4, 0.5) is 0 Å². The van der Waals surface area contributed by atoms with Crippen LogP contribution >= 0.6 is 0 Å². The highest BCUT2D eigenvalue weighted by Gasteiger charge is 2.36. The number of hydrogen-bond donors (Lipinski definition) is 1. The van der Waals surface area contributed by atoms with Crippen LogP contribution in [-0.2, 0) is 17.6 Å². The van der Waals surface area contributed by atoms with E-state index in [0.717, 1.165) is 33.7 Å². The van der Waals surface area contributed by atoms with Crippen molar-refractivity contribution in [1.29, 1.82) is 0 Å². The van der Waals surface area contributed by atoms with Crippen LogP contribution in [0.5, 0.6) is 11.5 Å². The summed E-state index contributed by atoms with van der Waals surface area (Å²) in [7, 11) is 0. The fourth-order valence-electron chi connectivity index (χ4n) is 4.60. The lowest BCUT2D eigenvalue weighted by atomic mass is 9.96. The van der Waals surface area contributed by atoms with Crippen LogP contribution in [0.1, 0.15) is 29.5 Å². The first-order valence-electron chi connectivity index (χ1n) is 13.6. The molecular formula is C35H33NO5. The van der Waals surface area contributed by atoms with Gasteiger partial charge in [-0.1, -0.05) is 72.3 Å². The van der Waals surface area contributed by atoms with Gasteiger partial charge in [0, 0.05) is 18.4 Å². The first-order valence-corrected chi connectivity index (χ1v) is 13.6. The Labute approximate surface area is 240 Å². The van der Waals surface area contributed by atoms with E-state index in [1.807, 2.05) is 80.6 Å². The van der Waals surface area contributed by atoms with Gasteiger partial charge in [0.2, 0.25) is 11.5 Å². The van der Waals surface area contributed by atoms with E-state index in [1.54, 1.807) is 19.1 Å². The second kappa shape index (κ2) is 12.1. The number of nitrogens with zero attached hydrogens (tertiary/aromatic N) is 1. The van der Waals surface area contributed by atoms with Gasteiger partial charge in [-0.05, 0) is 73.9 Å². The van der Waals surface area contributed by atoms with E-state index in [1.165, 1.54) is 5.56 Å². The largest absolute Gasteiger partial charge is 0.493 e. The third-order valence-corrected chi connectivity index (χ3v) is 7.02. The Morgan fingerprint density at radius 3 is 2.07 bits per heavy atom. The van der Waals surface area contributed by atoms with Gasteiger partial charge in [0.05, 0.1) is 12.3 Å². The number of aromatic nitrogens is 1. The van der Waals surface area contributed by atoms with Crippen LogP contribution in [0.3, 0.4) is 0 Å². The molecule has 0 radical (unpaired) electrons. The van der Waals surface area contributed by atoms with Gasteiger partial charge in [-0.2, -0.15) is 0 Å². The summed E-state index contributed by atoms with van der Waals surface area (Å²) in [4.78, 5) is 16.8. The van der Waals surface area contributed by atoms with Crippen molar-refractivity contribution < 1.29 is 23.8 Å². The van der Waals surface area contributed by atoms with Gasteiger partial charge in [0.1, 0.15) is 17.3 Å². The first-order chi connectivity index (χ1) is 19.8. The van der Waals surface area contributed by atoms with Crippen LogP contribution in [0.25, 0.3) is 22.6 Å². The lowest BCUT2D eigenvalue weighted by molar-refractivity contribution is -0.153. The number of ether oxygens (including phenoxy) is 2. The summed E-state index contributed by atoms with van der Waals surface area (Å²) in [6.45, 7) is 5.91. The average Bonchev–Trinajstić information content (AvgIpc) is 3.36. The Hall–Kier alpha value is -4.84. The molecule has 1 unspecified atom stereocenters. The molecule has 5 rings (SSSR count). The summed E-state index contributed by atoms with van der Waals surface area (Å²) in [6, 6.07) is 33.2. The molecule has 1 aromatic heterocycles. The summed E-state index contributed by atoms with van der Waals surface area (Å²) >= 11 is 0. The summed E-state index contributed by atoms with van der Waals surface area (Å²) in [5.41, 5.74) is 4.61. The number of rotatable bonds is 11. The predicted octanol–water partition coefficient (Wildman–Crippen LogP) is 7.71. The van der Waals surface area contributed by atoms with E-state index < -0.39 is 11.6 Å². The highest BCUT2D eigenvalue weighted by atomic mass is 16.5. The highest BCUT2D eigenvalue weighted by molar-refractivity contribution is 5.78. The topological polar surface area (TPSA) is 81.8 Å². The molecule has 0 saturated heterocycles. The summed E-state index contributed by atoms with van der Waals surface area (Å²) in [5, 5.41) is 9.88. The molecule has 0 fully saturated rings. The fraction of sp³-hybridized carbons (Fsp3) is 0.200. The zero-order chi connectivity index (χ0) is 28.8. The molecule has 0 amide bonds. The van der Waals surface area contributed by atoms with Gasteiger partial charge in [-0.3, -0.25) is 0 Å². The van der Waals surface area contributed by atoms with Crippen LogP contribution < -0.4 is 9.47 Å². The lowest BCUT2D eigenvalue weighted by Crippen LogP contribution is -2.43. The maximum Gasteiger partial charge on any atom is 0.348 e. The Kier molecular flexibility index (Phi) is 8.20. The Bertz CT molecular complexity index is 1590. The number of hydrogen-bond acceptors (Lipinski definition) is 5. The summed E-state index contributed by atoms with van der Waals surface area (Å²) < 4.78 is 17.8. The van der Waals surface area contributed by atoms with Gasteiger partial charge < -0.3 is 19.0 Å². The third-order valence-electron chi connectivity index (χ3n) is 7.02. The molecule has 0 saturated carbocycles. The molecule has 5 aromatic rings. The van der Waals surface area contributed by atoms with E-state index in [2.05, 4.69) is 24.3 Å².